The van der Waals surface area contributed by atoms with Crippen LogP contribution in [0.1, 0.15) is 5.56 Å². The van der Waals surface area contributed by atoms with Crippen molar-refractivity contribution in [1.29, 1.82) is 5.26 Å². The Hall–Kier alpha value is -1.53. The molecule has 2 nitrogen and oxygen atoms in total. The Labute approximate surface area is 80.0 Å². The molecule has 0 fully saturated rings. The molecular formula is C10H7NOS. The minimum absolute atomic E-state index is 0.676. The smallest absolute Gasteiger partial charge is 0.121 e. The number of hydrogen-bond donors (Lipinski definition) is 0. The van der Waals surface area contributed by atoms with E-state index >= 15 is 0 Å². The molecule has 0 radical (unpaired) electrons. The Kier molecular flexibility index (Phi) is 1.91. The van der Waals surface area contributed by atoms with Crippen LogP contribution in [0, 0.1) is 11.3 Å². The first-order valence-electron chi connectivity index (χ1n) is 3.80. The Morgan fingerprint density at radius 2 is 2.31 bits per heavy atom. The van der Waals surface area contributed by atoms with Gasteiger partial charge in [0.05, 0.1) is 18.7 Å². The van der Waals surface area contributed by atoms with Crippen LogP contribution in [-0.4, -0.2) is 7.11 Å². The average molecular weight is 189 g/mol. The largest absolute Gasteiger partial charge is 0.497 e. The Morgan fingerprint density at radius 3 is 3.00 bits per heavy atom. The van der Waals surface area contributed by atoms with Crippen molar-refractivity contribution in [2.24, 2.45) is 0 Å². The molecule has 0 bridgehead atoms. The van der Waals surface area contributed by atoms with Crippen LogP contribution < -0.4 is 4.74 Å². The number of methoxy groups -OCH3 is 1. The molecule has 0 N–H and O–H groups in total. The molecule has 2 aromatic rings. The van der Waals surface area contributed by atoms with E-state index < -0.39 is 0 Å². The van der Waals surface area contributed by atoms with Crippen molar-refractivity contribution < 1.29 is 4.74 Å². The lowest BCUT2D eigenvalue weighted by atomic mass is 10.1. The van der Waals surface area contributed by atoms with Gasteiger partial charge in [-0.05, 0) is 23.6 Å². The van der Waals surface area contributed by atoms with E-state index in [1.807, 2.05) is 17.5 Å². The lowest BCUT2D eigenvalue weighted by Gasteiger charge is -2.00. The van der Waals surface area contributed by atoms with E-state index in [2.05, 4.69) is 6.07 Å². The maximum Gasteiger partial charge on any atom is 0.121 e. The van der Waals surface area contributed by atoms with Gasteiger partial charge in [-0.2, -0.15) is 5.26 Å². The number of nitriles is 1. The zero-order chi connectivity index (χ0) is 9.26. The first kappa shape index (κ1) is 8.09. The second-order valence-electron chi connectivity index (χ2n) is 2.62. The summed E-state index contributed by atoms with van der Waals surface area (Å²) < 4.78 is 6.18. The maximum absolute atomic E-state index is 8.87. The second kappa shape index (κ2) is 3.08. The van der Waals surface area contributed by atoms with Crippen molar-refractivity contribution in [3.8, 4) is 11.8 Å². The molecule has 13 heavy (non-hydrogen) atoms. The van der Waals surface area contributed by atoms with Crippen LogP contribution in [-0.2, 0) is 0 Å². The predicted molar refractivity (Wildman–Crippen MR) is 53.1 cm³/mol. The van der Waals surface area contributed by atoms with E-state index in [1.165, 1.54) is 0 Å². The molecule has 0 spiro atoms. The summed E-state index contributed by atoms with van der Waals surface area (Å²) in [5.41, 5.74) is 0.676. The molecule has 2 rings (SSSR count). The van der Waals surface area contributed by atoms with E-state index in [0.717, 1.165) is 15.8 Å². The highest BCUT2D eigenvalue weighted by atomic mass is 32.1. The molecule has 0 saturated carbocycles. The third-order valence-electron chi connectivity index (χ3n) is 1.90. The Morgan fingerprint density at radius 1 is 1.46 bits per heavy atom. The molecule has 0 aliphatic rings. The van der Waals surface area contributed by atoms with Crippen LogP contribution >= 0.6 is 11.3 Å². The number of hydrogen-bond acceptors (Lipinski definition) is 3. The summed E-state index contributed by atoms with van der Waals surface area (Å²) in [6, 6.07) is 7.82. The number of fused-ring (bicyclic) bond motifs is 1. The van der Waals surface area contributed by atoms with Gasteiger partial charge in [0.1, 0.15) is 5.75 Å². The van der Waals surface area contributed by atoms with E-state index in [0.29, 0.717) is 5.56 Å². The molecular weight excluding hydrogens is 182 g/mol. The molecule has 0 aliphatic heterocycles. The maximum atomic E-state index is 8.87. The summed E-state index contributed by atoms with van der Waals surface area (Å²) in [7, 11) is 1.61. The zero-order valence-electron chi connectivity index (χ0n) is 7.07. The highest BCUT2D eigenvalue weighted by Gasteiger charge is 2.04. The summed E-state index contributed by atoms with van der Waals surface area (Å²) in [4.78, 5) is 0. The highest BCUT2D eigenvalue weighted by molar-refractivity contribution is 7.17. The molecule has 1 heterocycles. The molecule has 0 saturated heterocycles. The van der Waals surface area contributed by atoms with Crippen LogP contribution in [0.25, 0.3) is 10.1 Å². The quantitative estimate of drug-likeness (QED) is 0.691. The van der Waals surface area contributed by atoms with Crippen LogP contribution in [0.2, 0.25) is 0 Å². The van der Waals surface area contributed by atoms with E-state index in [-0.39, 0.29) is 0 Å². The summed E-state index contributed by atoms with van der Waals surface area (Å²) in [5.74, 6) is 0.742. The van der Waals surface area contributed by atoms with Gasteiger partial charge in [0.15, 0.2) is 0 Å². The zero-order valence-corrected chi connectivity index (χ0v) is 7.89. The van der Waals surface area contributed by atoms with E-state index in [1.54, 1.807) is 24.5 Å². The molecule has 0 unspecified atom stereocenters. The topological polar surface area (TPSA) is 33.0 Å². The third-order valence-corrected chi connectivity index (χ3v) is 2.77. The van der Waals surface area contributed by atoms with Gasteiger partial charge in [0.25, 0.3) is 0 Å². The normalized spacial score (nSPS) is 9.85. The SMILES string of the molecule is COc1cc(C#N)c2ccsc2c1. The minimum Gasteiger partial charge on any atom is -0.497 e. The average Bonchev–Trinajstić information content (AvgIpc) is 2.63. The van der Waals surface area contributed by atoms with Crippen molar-refractivity contribution in [3.63, 3.8) is 0 Å². The number of thiophene rings is 1. The van der Waals surface area contributed by atoms with Crippen LogP contribution in [0.5, 0.6) is 5.75 Å². The van der Waals surface area contributed by atoms with Gasteiger partial charge in [0, 0.05) is 10.1 Å². The van der Waals surface area contributed by atoms with Gasteiger partial charge in [-0.25, -0.2) is 0 Å². The first-order valence-corrected chi connectivity index (χ1v) is 4.68. The second-order valence-corrected chi connectivity index (χ2v) is 3.57. The van der Waals surface area contributed by atoms with Gasteiger partial charge in [0.2, 0.25) is 0 Å². The van der Waals surface area contributed by atoms with Crippen molar-refractivity contribution in [2.45, 2.75) is 0 Å². The van der Waals surface area contributed by atoms with Gasteiger partial charge in [-0.15, -0.1) is 11.3 Å². The highest BCUT2D eigenvalue weighted by Crippen LogP contribution is 2.28. The molecule has 1 aromatic carbocycles. The summed E-state index contributed by atoms with van der Waals surface area (Å²) in [6.45, 7) is 0. The van der Waals surface area contributed by atoms with Crippen molar-refractivity contribution >= 4 is 21.4 Å². The monoisotopic (exact) mass is 189 g/mol. The van der Waals surface area contributed by atoms with Gasteiger partial charge in [-0.3, -0.25) is 0 Å². The van der Waals surface area contributed by atoms with Crippen molar-refractivity contribution in [2.75, 3.05) is 7.11 Å². The first-order chi connectivity index (χ1) is 6.35. The molecule has 0 amide bonds. The number of rotatable bonds is 1. The molecule has 0 aliphatic carbocycles. The number of ether oxygens (including phenoxy) is 1. The summed E-state index contributed by atoms with van der Waals surface area (Å²) in [6.07, 6.45) is 0. The fourth-order valence-electron chi connectivity index (χ4n) is 1.26. The van der Waals surface area contributed by atoms with Crippen molar-refractivity contribution in [3.05, 3.63) is 29.1 Å². The van der Waals surface area contributed by atoms with Gasteiger partial charge in [-0.1, -0.05) is 0 Å². The summed E-state index contributed by atoms with van der Waals surface area (Å²) >= 11 is 1.62. The lowest BCUT2D eigenvalue weighted by molar-refractivity contribution is 0.415. The minimum atomic E-state index is 0.676. The van der Waals surface area contributed by atoms with E-state index in [9.17, 15) is 0 Å². The number of nitrogens with zero attached hydrogens (tertiary/aromatic N) is 1. The fourth-order valence-corrected chi connectivity index (χ4v) is 2.10. The lowest BCUT2D eigenvalue weighted by Crippen LogP contribution is -1.83. The molecule has 64 valence electrons. The van der Waals surface area contributed by atoms with E-state index in [4.69, 9.17) is 10.00 Å². The van der Waals surface area contributed by atoms with Crippen LogP contribution in [0.15, 0.2) is 23.6 Å². The van der Waals surface area contributed by atoms with Gasteiger partial charge < -0.3 is 4.74 Å². The summed E-state index contributed by atoms with van der Waals surface area (Å²) in [5, 5.41) is 11.9. The van der Waals surface area contributed by atoms with Gasteiger partial charge >= 0.3 is 0 Å². The van der Waals surface area contributed by atoms with Crippen LogP contribution in [0.4, 0.5) is 0 Å². The van der Waals surface area contributed by atoms with Crippen LogP contribution in [0.3, 0.4) is 0 Å². The Balaban J connectivity index is 2.79. The Bertz CT molecular complexity index is 481. The standard InChI is InChI=1S/C10H7NOS/c1-12-8-4-7(6-11)9-2-3-13-10(9)5-8/h2-5H,1H3. The molecule has 3 heteroatoms. The molecule has 0 atom stereocenters. The van der Waals surface area contributed by atoms with Crippen molar-refractivity contribution in [1.82, 2.24) is 0 Å². The predicted octanol–water partition coefficient (Wildman–Crippen LogP) is 2.78. The fraction of sp³-hybridized carbons (Fsp3) is 0.100. The third kappa shape index (κ3) is 1.25. The molecule has 1 aromatic heterocycles. The number of benzene rings is 1.